The van der Waals surface area contributed by atoms with Gasteiger partial charge in [-0.3, -0.25) is 8.37 Å². The van der Waals surface area contributed by atoms with Gasteiger partial charge in [-0.1, -0.05) is 104 Å². The highest BCUT2D eigenvalue weighted by atomic mass is 32.3. The molecule has 1 aliphatic heterocycles. The Morgan fingerprint density at radius 3 is 1.19 bits per heavy atom. The number of unbranched alkanes of at least 4 members (excludes halogenated alkanes) is 14. The Morgan fingerprint density at radius 2 is 0.815 bits per heavy atom. The Labute approximate surface area is 171 Å². The van der Waals surface area contributed by atoms with Crippen molar-refractivity contribution in [1.29, 1.82) is 0 Å². The summed E-state index contributed by atoms with van der Waals surface area (Å²) in [7, 11) is -1.53. The number of allylic oxidation sites excluding steroid dienone is 2. The summed E-state index contributed by atoms with van der Waals surface area (Å²) in [4.78, 5) is 0. The van der Waals surface area contributed by atoms with Crippen molar-refractivity contribution in [1.82, 2.24) is 0 Å². The van der Waals surface area contributed by atoms with Crippen molar-refractivity contribution in [3.63, 3.8) is 0 Å². The van der Waals surface area contributed by atoms with Crippen molar-refractivity contribution in [3.8, 4) is 0 Å². The molecule has 0 saturated carbocycles. The van der Waals surface area contributed by atoms with E-state index in [1.807, 2.05) is 0 Å². The molecule has 0 aromatic heterocycles. The molecule has 3 heteroatoms. The summed E-state index contributed by atoms with van der Waals surface area (Å²) in [6, 6.07) is 0. The van der Waals surface area contributed by atoms with Crippen LogP contribution in [0.2, 0.25) is 0 Å². The third-order valence-corrected chi connectivity index (χ3v) is 7.32. The monoisotopic (exact) mass is 398 g/mol. The van der Waals surface area contributed by atoms with Gasteiger partial charge in [-0.25, -0.2) is 0 Å². The van der Waals surface area contributed by atoms with E-state index in [9.17, 15) is 0 Å². The normalized spacial score (nSPS) is 16.2. The molecule has 1 rings (SSSR count). The van der Waals surface area contributed by atoms with E-state index in [1.54, 1.807) is 0 Å². The molecule has 0 fully saturated rings. The Hall–Kier alpha value is -0.250. The predicted octanol–water partition coefficient (Wildman–Crippen LogP) is 8.98. The first kappa shape index (κ1) is 24.8. The SMILES string of the molecule is CCCCCCCCCCOS1(OCCCCCCCCCC)C=CC=C1. The highest BCUT2D eigenvalue weighted by molar-refractivity contribution is 8.31. The zero-order chi connectivity index (χ0) is 19.5. The molecule has 0 N–H and O–H groups in total. The lowest BCUT2D eigenvalue weighted by Crippen LogP contribution is -2.05. The topological polar surface area (TPSA) is 18.5 Å². The lowest BCUT2D eigenvalue weighted by atomic mass is 10.1. The Kier molecular flexibility index (Phi) is 16.4. The van der Waals surface area contributed by atoms with Crippen LogP contribution in [0.1, 0.15) is 117 Å². The summed E-state index contributed by atoms with van der Waals surface area (Å²) in [6.45, 7) is 6.21. The molecule has 160 valence electrons. The highest BCUT2D eigenvalue weighted by Crippen LogP contribution is 2.56. The highest BCUT2D eigenvalue weighted by Gasteiger charge is 2.17. The van der Waals surface area contributed by atoms with Gasteiger partial charge >= 0.3 is 0 Å². The summed E-state index contributed by atoms with van der Waals surface area (Å²) in [6.07, 6.45) is 25.6. The van der Waals surface area contributed by atoms with Crippen molar-refractivity contribution in [2.45, 2.75) is 117 Å². The van der Waals surface area contributed by atoms with Gasteiger partial charge in [-0.2, -0.15) is 0 Å². The molecule has 1 aliphatic rings. The molecule has 0 atom stereocenters. The van der Waals surface area contributed by atoms with Gasteiger partial charge in [0.1, 0.15) is 0 Å². The fraction of sp³-hybridized carbons (Fsp3) is 0.833. The molecule has 0 amide bonds. The van der Waals surface area contributed by atoms with Gasteiger partial charge in [0.25, 0.3) is 0 Å². The molecule has 0 spiro atoms. The maximum atomic E-state index is 6.20. The maximum Gasteiger partial charge on any atom is 0.0722 e. The molecular formula is C24H46O2S. The summed E-state index contributed by atoms with van der Waals surface area (Å²) in [5.74, 6) is 0. The predicted molar refractivity (Wildman–Crippen MR) is 123 cm³/mol. The van der Waals surface area contributed by atoms with Gasteiger partial charge in [0.05, 0.1) is 13.2 Å². The van der Waals surface area contributed by atoms with Crippen LogP contribution in [-0.4, -0.2) is 13.2 Å². The van der Waals surface area contributed by atoms with Gasteiger partial charge in [-0.15, -0.1) is 10.6 Å². The van der Waals surface area contributed by atoms with E-state index in [0.717, 1.165) is 26.1 Å². The zero-order valence-electron chi connectivity index (χ0n) is 18.3. The number of rotatable bonds is 20. The first-order valence-corrected chi connectivity index (χ1v) is 13.4. The van der Waals surface area contributed by atoms with E-state index in [2.05, 4.69) is 36.8 Å². The Bertz CT molecular complexity index is 343. The average molecular weight is 399 g/mol. The zero-order valence-corrected chi connectivity index (χ0v) is 19.1. The fourth-order valence-corrected chi connectivity index (χ4v) is 5.25. The third-order valence-electron chi connectivity index (χ3n) is 5.18. The summed E-state index contributed by atoms with van der Waals surface area (Å²) in [5.41, 5.74) is 0. The van der Waals surface area contributed by atoms with Crippen LogP contribution in [0.5, 0.6) is 0 Å². The van der Waals surface area contributed by atoms with Gasteiger partial charge in [0.15, 0.2) is 0 Å². The lowest BCUT2D eigenvalue weighted by molar-refractivity contribution is 0.257. The van der Waals surface area contributed by atoms with Crippen molar-refractivity contribution in [2.24, 2.45) is 0 Å². The van der Waals surface area contributed by atoms with Crippen molar-refractivity contribution >= 4 is 10.6 Å². The summed E-state index contributed by atoms with van der Waals surface area (Å²) < 4.78 is 12.4. The first-order valence-electron chi connectivity index (χ1n) is 11.8. The molecule has 0 saturated heterocycles. The molecule has 27 heavy (non-hydrogen) atoms. The molecule has 0 unspecified atom stereocenters. The van der Waals surface area contributed by atoms with Crippen LogP contribution < -0.4 is 0 Å². The molecule has 2 nitrogen and oxygen atoms in total. The van der Waals surface area contributed by atoms with Crippen LogP contribution >= 0.6 is 10.6 Å². The second-order valence-corrected chi connectivity index (χ2v) is 10.0. The molecular weight excluding hydrogens is 352 g/mol. The summed E-state index contributed by atoms with van der Waals surface area (Å²) in [5, 5.41) is 4.28. The third kappa shape index (κ3) is 13.5. The minimum Gasteiger partial charge on any atom is -0.276 e. The fourth-order valence-electron chi connectivity index (χ4n) is 3.40. The van der Waals surface area contributed by atoms with Gasteiger partial charge < -0.3 is 0 Å². The Balaban J connectivity index is 2.00. The summed E-state index contributed by atoms with van der Waals surface area (Å²) >= 11 is 0. The molecule has 0 aromatic rings. The van der Waals surface area contributed by atoms with Gasteiger partial charge in [0.2, 0.25) is 0 Å². The molecule has 0 aliphatic carbocycles. The van der Waals surface area contributed by atoms with E-state index in [0.29, 0.717) is 0 Å². The standard InChI is InChI=1S/C24H46O2S/c1-3-5-7-9-11-13-15-17-21-25-27(23-19-20-24-27)26-22-18-16-14-12-10-8-6-4-2/h19-20,23-24H,3-18,21-22H2,1-2H3. The molecule has 0 bridgehead atoms. The first-order chi connectivity index (χ1) is 13.3. The smallest absolute Gasteiger partial charge is 0.0722 e. The van der Waals surface area contributed by atoms with Gasteiger partial charge in [0, 0.05) is 10.8 Å². The van der Waals surface area contributed by atoms with Crippen LogP contribution in [-0.2, 0) is 8.37 Å². The minimum atomic E-state index is -1.53. The number of hydrogen-bond donors (Lipinski definition) is 0. The van der Waals surface area contributed by atoms with E-state index in [-0.39, 0.29) is 0 Å². The maximum absolute atomic E-state index is 6.20. The minimum absolute atomic E-state index is 0.830. The molecule has 1 heterocycles. The van der Waals surface area contributed by atoms with Crippen LogP contribution in [0.15, 0.2) is 23.0 Å². The van der Waals surface area contributed by atoms with Crippen LogP contribution in [0.3, 0.4) is 0 Å². The van der Waals surface area contributed by atoms with Crippen molar-refractivity contribution in [2.75, 3.05) is 13.2 Å². The largest absolute Gasteiger partial charge is 0.276 e. The molecule has 0 aromatic carbocycles. The Morgan fingerprint density at radius 1 is 0.481 bits per heavy atom. The molecule has 0 radical (unpaired) electrons. The quantitative estimate of drug-likeness (QED) is 0.190. The van der Waals surface area contributed by atoms with E-state index >= 15 is 0 Å². The lowest BCUT2D eigenvalue weighted by Gasteiger charge is -2.35. The average Bonchev–Trinajstić information content (AvgIpc) is 3.14. The van der Waals surface area contributed by atoms with Crippen LogP contribution in [0.4, 0.5) is 0 Å². The van der Waals surface area contributed by atoms with Crippen LogP contribution in [0, 0.1) is 0 Å². The van der Waals surface area contributed by atoms with Gasteiger partial charge in [-0.05, 0) is 25.0 Å². The number of hydrogen-bond acceptors (Lipinski definition) is 2. The van der Waals surface area contributed by atoms with E-state index < -0.39 is 10.6 Å². The van der Waals surface area contributed by atoms with Crippen LogP contribution in [0.25, 0.3) is 0 Å². The second-order valence-electron chi connectivity index (χ2n) is 7.84. The van der Waals surface area contributed by atoms with E-state index in [4.69, 9.17) is 8.37 Å². The van der Waals surface area contributed by atoms with Crippen molar-refractivity contribution in [3.05, 3.63) is 23.0 Å². The second kappa shape index (κ2) is 17.8. The van der Waals surface area contributed by atoms with Crippen molar-refractivity contribution < 1.29 is 8.37 Å². The van der Waals surface area contributed by atoms with E-state index in [1.165, 1.54) is 89.9 Å².